The van der Waals surface area contributed by atoms with Crippen molar-refractivity contribution < 1.29 is 5.11 Å². The number of likely N-dealkylation sites (tertiary alicyclic amines) is 1. The van der Waals surface area contributed by atoms with Crippen molar-refractivity contribution in [2.45, 2.75) is 39.3 Å². The van der Waals surface area contributed by atoms with Crippen molar-refractivity contribution in [3.8, 4) is 0 Å². The zero-order valence-corrected chi connectivity index (χ0v) is 7.96. The molecule has 0 aromatic heterocycles. The molecule has 0 bridgehead atoms. The molecular weight excluding hydrogens is 138 g/mol. The molecule has 1 saturated heterocycles. The van der Waals surface area contributed by atoms with Crippen molar-refractivity contribution in [3.63, 3.8) is 0 Å². The molecule has 66 valence electrons. The van der Waals surface area contributed by atoms with Gasteiger partial charge in [0.25, 0.3) is 0 Å². The molecule has 0 amide bonds. The van der Waals surface area contributed by atoms with Gasteiger partial charge in [0.2, 0.25) is 0 Å². The SMILES string of the molecule is CN1CC[C@@H](O)[C@H]1C(C)(C)C. The van der Waals surface area contributed by atoms with Crippen LogP contribution in [0.25, 0.3) is 0 Å². The van der Waals surface area contributed by atoms with E-state index in [1.165, 1.54) is 0 Å². The van der Waals surface area contributed by atoms with E-state index in [4.69, 9.17) is 0 Å². The first-order valence-electron chi connectivity index (χ1n) is 4.31. The Morgan fingerprint density at radius 3 is 2.09 bits per heavy atom. The quantitative estimate of drug-likeness (QED) is 0.569. The Labute approximate surface area is 69.2 Å². The standard InChI is InChI=1S/C9H19NO/c1-9(2,3)8-7(11)5-6-10(8)4/h7-8,11H,5-6H2,1-4H3/t7-,8+/m1/s1. The molecular formula is C9H19NO. The molecule has 0 aromatic carbocycles. The van der Waals surface area contributed by atoms with Crippen LogP contribution < -0.4 is 0 Å². The third-order valence-electron chi connectivity index (χ3n) is 2.50. The van der Waals surface area contributed by atoms with E-state index in [9.17, 15) is 5.11 Å². The predicted octanol–water partition coefficient (Wildman–Crippen LogP) is 1.10. The van der Waals surface area contributed by atoms with Crippen LogP contribution in [0.5, 0.6) is 0 Å². The fourth-order valence-electron chi connectivity index (χ4n) is 2.16. The molecule has 0 saturated carbocycles. The summed E-state index contributed by atoms with van der Waals surface area (Å²) in [5, 5.41) is 9.65. The van der Waals surface area contributed by atoms with Crippen LogP contribution >= 0.6 is 0 Å². The van der Waals surface area contributed by atoms with E-state index in [0.29, 0.717) is 6.04 Å². The molecule has 1 aliphatic rings. The lowest BCUT2D eigenvalue weighted by Crippen LogP contribution is -2.42. The molecule has 0 aliphatic carbocycles. The van der Waals surface area contributed by atoms with E-state index < -0.39 is 0 Å². The first kappa shape index (κ1) is 9.01. The van der Waals surface area contributed by atoms with Crippen molar-refractivity contribution >= 4 is 0 Å². The van der Waals surface area contributed by atoms with Crippen LogP contribution in [0, 0.1) is 5.41 Å². The summed E-state index contributed by atoms with van der Waals surface area (Å²) >= 11 is 0. The summed E-state index contributed by atoms with van der Waals surface area (Å²) in [5.74, 6) is 0. The number of rotatable bonds is 0. The zero-order valence-electron chi connectivity index (χ0n) is 7.96. The summed E-state index contributed by atoms with van der Waals surface area (Å²) in [6, 6.07) is 0.336. The second-order valence-corrected chi connectivity index (χ2v) is 4.65. The van der Waals surface area contributed by atoms with E-state index in [-0.39, 0.29) is 11.5 Å². The van der Waals surface area contributed by atoms with Gasteiger partial charge in [-0.3, -0.25) is 0 Å². The minimum atomic E-state index is -0.125. The highest BCUT2D eigenvalue weighted by molar-refractivity contribution is 4.92. The molecule has 0 aromatic rings. The largest absolute Gasteiger partial charge is 0.391 e. The summed E-state index contributed by atoms with van der Waals surface area (Å²) in [6.45, 7) is 7.58. The average Bonchev–Trinajstić information content (AvgIpc) is 2.08. The lowest BCUT2D eigenvalue weighted by atomic mass is 9.84. The Morgan fingerprint density at radius 1 is 1.36 bits per heavy atom. The summed E-state index contributed by atoms with van der Waals surface area (Å²) in [5.41, 5.74) is 0.199. The van der Waals surface area contributed by atoms with E-state index in [2.05, 4.69) is 32.7 Å². The van der Waals surface area contributed by atoms with Gasteiger partial charge in [0.05, 0.1) is 6.10 Å². The fraction of sp³-hybridized carbons (Fsp3) is 1.00. The van der Waals surface area contributed by atoms with Gasteiger partial charge in [-0.25, -0.2) is 0 Å². The van der Waals surface area contributed by atoms with Gasteiger partial charge in [-0.1, -0.05) is 20.8 Å². The number of hydrogen-bond acceptors (Lipinski definition) is 2. The Morgan fingerprint density at radius 2 is 1.91 bits per heavy atom. The summed E-state index contributed by atoms with van der Waals surface area (Å²) in [6.07, 6.45) is 0.804. The van der Waals surface area contributed by atoms with Gasteiger partial charge in [0, 0.05) is 12.6 Å². The number of nitrogens with zero attached hydrogens (tertiary/aromatic N) is 1. The van der Waals surface area contributed by atoms with Crippen molar-refractivity contribution in [1.82, 2.24) is 4.90 Å². The van der Waals surface area contributed by atoms with E-state index in [1.54, 1.807) is 0 Å². The number of hydrogen-bond donors (Lipinski definition) is 1. The first-order valence-corrected chi connectivity index (χ1v) is 4.31. The molecule has 2 nitrogen and oxygen atoms in total. The monoisotopic (exact) mass is 157 g/mol. The lowest BCUT2D eigenvalue weighted by Gasteiger charge is -2.34. The van der Waals surface area contributed by atoms with E-state index in [0.717, 1.165) is 13.0 Å². The van der Waals surface area contributed by atoms with Crippen molar-refractivity contribution in [3.05, 3.63) is 0 Å². The second-order valence-electron chi connectivity index (χ2n) is 4.65. The van der Waals surface area contributed by atoms with Crippen LogP contribution in [0.4, 0.5) is 0 Å². The molecule has 0 unspecified atom stereocenters. The Kier molecular flexibility index (Phi) is 2.26. The third-order valence-corrected chi connectivity index (χ3v) is 2.50. The normalized spacial score (nSPS) is 34.6. The van der Waals surface area contributed by atoms with Crippen molar-refractivity contribution in [2.75, 3.05) is 13.6 Å². The second kappa shape index (κ2) is 2.76. The van der Waals surface area contributed by atoms with Crippen molar-refractivity contribution in [1.29, 1.82) is 0 Å². The Balaban J connectivity index is 2.69. The van der Waals surface area contributed by atoms with Gasteiger partial charge in [0.1, 0.15) is 0 Å². The van der Waals surface area contributed by atoms with Crippen LogP contribution in [0.15, 0.2) is 0 Å². The molecule has 2 atom stereocenters. The summed E-state index contributed by atoms with van der Waals surface area (Å²) < 4.78 is 0. The van der Waals surface area contributed by atoms with E-state index in [1.807, 2.05) is 0 Å². The molecule has 1 aliphatic heterocycles. The number of likely N-dealkylation sites (N-methyl/N-ethyl adjacent to an activating group) is 1. The predicted molar refractivity (Wildman–Crippen MR) is 46.5 cm³/mol. The van der Waals surface area contributed by atoms with Gasteiger partial charge in [0.15, 0.2) is 0 Å². The highest BCUT2D eigenvalue weighted by atomic mass is 16.3. The fourth-order valence-corrected chi connectivity index (χ4v) is 2.16. The van der Waals surface area contributed by atoms with Gasteiger partial charge in [-0.15, -0.1) is 0 Å². The Bertz CT molecular complexity index is 129. The third kappa shape index (κ3) is 1.74. The van der Waals surface area contributed by atoms with Crippen LogP contribution in [0.2, 0.25) is 0 Å². The molecule has 1 N–H and O–H groups in total. The van der Waals surface area contributed by atoms with Crippen LogP contribution in [0.1, 0.15) is 27.2 Å². The Hall–Kier alpha value is -0.0800. The molecule has 1 heterocycles. The maximum atomic E-state index is 9.65. The molecule has 2 heteroatoms. The van der Waals surface area contributed by atoms with Crippen LogP contribution in [-0.4, -0.2) is 35.7 Å². The van der Waals surface area contributed by atoms with Gasteiger partial charge in [-0.05, 0) is 18.9 Å². The highest BCUT2D eigenvalue weighted by Crippen LogP contribution is 2.31. The summed E-state index contributed by atoms with van der Waals surface area (Å²) in [4.78, 5) is 2.25. The minimum Gasteiger partial charge on any atom is -0.391 e. The van der Waals surface area contributed by atoms with E-state index >= 15 is 0 Å². The maximum absolute atomic E-state index is 9.65. The van der Waals surface area contributed by atoms with Gasteiger partial charge in [-0.2, -0.15) is 0 Å². The molecule has 0 spiro atoms. The maximum Gasteiger partial charge on any atom is 0.0712 e. The summed E-state index contributed by atoms with van der Waals surface area (Å²) in [7, 11) is 2.09. The number of aliphatic hydroxyl groups excluding tert-OH is 1. The topological polar surface area (TPSA) is 23.5 Å². The number of aliphatic hydroxyl groups is 1. The molecule has 1 rings (SSSR count). The lowest BCUT2D eigenvalue weighted by molar-refractivity contribution is 0.0579. The smallest absolute Gasteiger partial charge is 0.0712 e. The van der Waals surface area contributed by atoms with Crippen LogP contribution in [0.3, 0.4) is 0 Å². The van der Waals surface area contributed by atoms with Gasteiger partial charge >= 0.3 is 0 Å². The van der Waals surface area contributed by atoms with Crippen LogP contribution in [-0.2, 0) is 0 Å². The molecule has 1 fully saturated rings. The van der Waals surface area contributed by atoms with Crippen molar-refractivity contribution in [2.24, 2.45) is 5.41 Å². The minimum absolute atomic E-state index is 0.125. The molecule has 0 radical (unpaired) electrons. The zero-order chi connectivity index (χ0) is 8.65. The molecule has 11 heavy (non-hydrogen) atoms. The van der Waals surface area contributed by atoms with Gasteiger partial charge < -0.3 is 10.0 Å². The highest BCUT2D eigenvalue weighted by Gasteiger charge is 2.38. The first-order chi connectivity index (χ1) is 4.93. The average molecular weight is 157 g/mol.